The summed E-state index contributed by atoms with van der Waals surface area (Å²) in [5.74, 6) is 0.223. The molecular formula is C20H25N3O3. The van der Waals surface area contributed by atoms with E-state index in [2.05, 4.69) is 15.6 Å². The van der Waals surface area contributed by atoms with E-state index in [1.165, 1.54) is 0 Å². The van der Waals surface area contributed by atoms with E-state index in [1.807, 2.05) is 12.1 Å². The average molecular weight is 355 g/mol. The highest BCUT2D eigenvalue weighted by atomic mass is 16.5. The minimum atomic E-state index is -0.153. The van der Waals surface area contributed by atoms with E-state index in [0.29, 0.717) is 13.2 Å². The van der Waals surface area contributed by atoms with Crippen molar-refractivity contribution in [3.8, 4) is 5.75 Å². The second-order valence-electron chi connectivity index (χ2n) is 6.63. The third-order valence-corrected chi connectivity index (χ3v) is 4.63. The summed E-state index contributed by atoms with van der Waals surface area (Å²) in [4.78, 5) is 16.0. The molecule has 0 bridgehead atoms. The standard InChI is InChI=1S/C20H25N3O3/c24-18-5-1-15(2-6-18)13-22-20(25)23-17-3-7-19(8-4-17)26-14-16-9-11-21-12-10-16/h1-2,5-6,9-12,17,19,24H,3-4,7-8,13-14H2,(H2,22,23,25). The molecular weight excluding hydrogens is 330 g/mol. The van der Waals surface area contributed by atoms with Gasteiger partial charge in [-0.2, -0.15) is 0 Å². The van der Waals surface area contributed by atoms with Gasteiger partial charge in [0.15, 0.2) is 0 Å². The van der Waals surface area contributed by atoms with Crippen LogP contribution in [0.2, 0.25) is 0 Å². The van der Waals surface area contributed by atoms with Gasteiger partial charge in [0.25, 0.3) is 0 Å². The van der Waals surface area contributed by atoms with Crippen molar-refractivity contribution in [1.82, 2.24) is 15.6 Å². The molecule has 138 valence electrons. The first-order valence-electron chi connectivity index (χ1n) is 9.02. The number of rotatable bonds is 6. The highest BCUT2D eigenvalue weighted by Crippen LogP contribution is 2.22. The highest BCUT2D eigenvalue weighted by molar-refractivity contribution is 5.74. The molecule has 1 heterocycles. The molecule has 26 heavy (non-hydrogen) atoms. The number of nitrogens with one attached hydrogen (secondary N) is 2. The number of benzene rings is 1. The van der Waals surface area contributed by atoms with Crippen molar-refractivity contribution >= 4 is 6.03 Å². The predicted octanol–water partition coefficient (Wildman–Crippen LogP) is 3.11. The predicted molar refractivity (Wildman–Crippen MR) is 98.5 cm³/mol. The summed E-state index contributed by atoms with van der Waals surface area (Å²) >= 11 is 0. The van der Waals surface area contributed by atoms with Crippen LogP contribution < -0.4 is 10.6 Å². The van der Waals surface area contributed by atoms with Crippen LogP contribution in [-0.4, -0.2) is 28.3 Å². The van der Waals surface area contributed by atoms with E-state index >= 15 is 0 Å². The van der Waals surface area contributed by atoms with E-state index in [-0.39, 0.29) is 23.9 Å². The van der Waals surface area contributed by atoms with Crippen LogP contribution >= 0.6 is 0 Å². The number of phenolic OH excluding ortho intramolecular Hbond substituents is 1. The first-order valence-corrected chi connectivity index (χ1v) is 9.02. The Labute approximate surface area is 153 Å². The topological polar surface area (TPSA) is 83.5 Å². The fraction of sp³-hybridized carbons (Fsp3) is 0.400. The van der Waals surface area contributed by atoms with Gasteiger partial charge >= 0.3 is 6.03 Å². The molecule has 2 amide bonds. The SMILES string of the molecule is O=C(NCc1ccc(O)cc1)NC1CCC(OCc2ccncc2)CC1. The third-order valence-electron chi connectivity index (χ3n) is 4.63. The van der Waals surface area contributed by atoms with Crippen molar-refractivity contribution in [1.29, 1.82) is 0 Å². The number of pyridine rings is 1. The third kappa shape index (κ3) is 5.74. The summed E-state index contributed by atoms with van der Waals surface area (Å²) in [5, 5.41) is 15.1. The fourth-order valence-electron chi connectivity index (χ4n) is 3.10. The Hall–Kier alpha value is -2.60. The number of aromatic nitrogens is 1. The molecule has 0 unspecified atom stereocenters. The summed E-state index contributed by atoms with van der Waals surface area (Å²) in [6.45, 7) is 1.05. The molecule has 0 spiro atoms. The van der Waals surface area contributed by atoms with Crippen molar-refractivity contribution < 1.29 is 14.6 Å². The number of amides is 2. The van der Waals surface area contributed by atoms with E-state index < -0.39 is 0 Å². The molecule has 1 aromatic heterocycles. The van der Waals surface area contributed by atoms with Crippen LogP contribution in [-0.2, 0) is 17.9 Å². The van der Waals surface area contributed by atoms with Crippen molar-refractivity contribution in [3.63, 3.8) is 0 Å². The molecule has 6 nitrogen and oxygen atoms in total. The second kappa shape index (κ2) is 9.20. The Morgan fingerprint density at radius 3 is 2.42 bits per heavy atom. The van der Waals surface area contributed by atoms with Gasteiger partial charge in [0.2, 0.25) is 0 Å². The first-order chi connectivity index (χ1) is 12.7. The molecule has 1 aliphatic rings. The van der Waals surface area contributed by atoms with Gasteiger partial charge in [-0.15, -0.1) is 0 Å². The van der Waals surface area contributed by atoms with Gasteiger partial charge in [-0.1, -0.05) is 12.1 Å². The molecule has 1 aromatic carbocycles. The molecule has 0 saturated heterocycles. The molecule has 0 radical (unpaired) electrons. The van der Waals surface area contributed by atoms with Crippen molar-refractivity contribution in [3.05, 3.63) is 59.9 Å². The Morgan fingerprint density at radius 1 is 1.04 bits per heavy atom. The molecule has 0 aliphatic heterocycles. The minimum Gasteiger partial charge on any atom is -0.508 e. The van der Waals surface area contributed by atoms with Gasteiger partial charge in [-0.3, -0.25) is 4.98 Å². The Balaban J connectivity index is 1.33. The van der Waals surface area contributed by atoms with E-state index in [1.54, 1.807) is 36.7 Å². The van der Waals surface area contributed by atoms with Crippen LogP contribution in [0.25, 0.3) is 0 Å². The summed E-state index contributed by atoms with van der Waals surface area (Å²) in [6, 6.07) is 10.8. The lowest BCUT2D eigenvalue weighted by atomic mass is 9.93. The van der Waals surface area contributed by atoms with E-state index in [0.717, 1.165) is 36.8 Å². The van der Waals surface area contributed by atoms with Gasteiger partial charge in [-0.05, 0) is 61.1 Å². The lowest BCUT2D eigenvalue weighted by Crippen LogP contribution is -2.44. The molecule has 1 saturated carbocycles. The lowest BCUT2D eigenvalue weighted by molar-refractivity contribution is 0.0120. The number of nitrogens with zero attached hydrogens (tertiary/aromatic N) is 1. The van der Waals surface area contributed by atoms with Gasteiger partial charge < -0.3 is 20.5 Å². The number of ether oxygens (including phenoxy) is 1. The van der Waals surface area contributed by atoms with Crippen LogP contribution in [0, 0.1) is 0 Å². The van der Waals surface area contributed by atoms with Crippen LogP contribution in [0.4, 0.5) is 4.79 Å². The van der Waals surface area contributed by atoms with Crippen LogP contribution in [0.5, 0.6) is 5.75 Å². The largest absolute Gasteiger partial charge is 0.508 e. The van der Waals surface area contributed by atoms with Gasteiger partial charge in [0.1, 0.15) is 5.75 Å². The zero-order valence-corrected chi connectivity index (χ0v) is 14.7. The van der Waals surface area contributed by atoms with Crippen LogP contribution in [0.15, 0.2) is 48.8 Å². The Kier molecular flexibility index (Phi) is 6.44. The molecule has 1 fully saturated rings. The molecule has 1 aliphatic carbocycles. The quantitative estimate of drug-likeness (QED) is 0.743. The van der Waals surface area contributed by atoms with E-state index in [9.17, 15) is 9.90 Å². The summed E-state index contributed by atoms with van der Waals surface area (Å²) in [6.07, 6.45) is 7.55. The smallest absolute Gasteiger partial charge is 0.315 e. The van der Waals surface area contributed by atoms with Gasteiger partial charge in [0, 0.05) is 25.0 Å². The van der Waals surface area contributed by atoms with Crippen molar-refractivity contribution in [2.45, 2.75) is 51.0 Å². The average Bonchev–Trinajstić information content (AvgIpc) is 2.68. The highest BCUT2D eigenvalue weighted by Gasteiger charge is 2.22. The number of carbonyl (C=O) groups excluding carboxylic acids is 1. The molecule has 0 atom stereocenters. The second-order valence-corrected chi connectivity index (χ2v) is 6.63. The Bertz CT molecular complexity index is 683. The molecule has 2 aromatic rings. The maximum absolute atomic E-state index is 12.0. The summed E-state index contributed by atoms with van der Waals surface area (Å²) < 4.78 is 5.96. The maximum Gasteiger partial charge on any atom is 0.315 e. The molecule has 3 N–H and O–H groups in total. The maximum atomic E-state index is 12.0. The van der Waals surface area contributed by atoms with Gasteiger partial charge in [0.05, 0.1) is 12.7 Å². The van der Waals surface area contributed by atoms with Crippen LogP contribution in [0.3, 0.4) is 0 Å². The van der Waals surface area contributed by atoms with Gasteiger partial charge in [-0.25, -0.2) is 4.79 Å². The number of aromatic hydroxyl groups is 1. The Morgan fingerprint density at radius 2 is 1.73 bits per heavy atom. The molecule has 6 heteroatoms. The number of hydrogen-bond acceptors (Lipinski definition) is 4. The molecule has 3 rings (SSSR count). The monoisotopic (exact) mass is 355 g/mol. The zero-order valence-electron chi connectivity index (χ0n) is 14.7. The zero-order chi connectivity index (χ0) is 18.2. The lowest BCUT2D eigenvalue weighted by Gasteiger charge is -2.29. The fourth-order valence-corrected chi connectivity index (χ4v) is 3.10. The number of urea groups is 1. The van der Waals surface area contributed by atoms with E-state index in [4.69, 9.17) is 4.74 Å². The number of hydrogen-bond donors (Lipinski definition) is 3. The first kappa shape index (κ1) is 18.2. The minimum absolute atomic E-state index is 0.153. The van der Waals surface area contributed by atoms with Crippen LogP contribution in [0.1, 0.15) is 36.8 Å². The van der Waals surface area contributed by atoms with Crippen molar-refractivity contribution in [2.75, 3.05) is 0 Å². The summed E-state index contributed by atoms with van der Waals surface area (Å²) in [5.41, 5.74) is 2.08. The number of phenols is 1. The van der Waals surface area contributed by atoms with Crippen molar-refractivity contribution in [2.24, 2.45) is 0 Å². The number of carbonyl (C=O) groups is 1. The normalized spacial score (nSPS) is 19.7. The summed E-state index contributed by atoms with van der Waals surface area (Å²) in [7, 11) is 0.